The van der Waals surface area contributed by atoms with Crippen molar-refractivity contribution in [1.29, 1.82) is 5.26 Å². The molecular formula is C21H20FNO3. The van der Waals surface area contributed by atoms with E-state index < -0.39 is 11.6 Å². The Morgan fingerprint density at radius 3 is 2.65 bits per heavy atom. The minimum Gasteiger partial charge on any atom is -0.493 e. The minimum absolute atomic E-state index is 0.131. The zero-order valence-corrected chi connectivity index (χ0v) is 14.8. The molecule has 4 nitrogen and oxygen atoms in total. The van der Waals surface area contributed by atoms with Gasteiger partial charge < -0.3 is 9.47 Å². The van der Waals surface area contributed by atoms with E-state index in [1.807, 2.05) is 6.07 Å². The average molecular weight is 353 g/mol. The van der Waals surface area contributed by atoms with Crippen molar-refractivity contribution in [2.75, 3.05) is 13.7 Å². The number of allylic oxidation sites excluding steroid dienone is 1. The fraction of sp³-hybridized carbons (Fsp3) is 0.238. The second-order valence-electron chi connectivity index (χ2n) is 5.59. The number of rotatable bonds is 8. The Bertz CT molecular complexity index is 853. The molecule has 0 unspecified atom stereocenters. The van der Waals surface area contributed by atoms with Crippen LogP contribution in [0.2, 0.25) is 0 Å². The largest absolute Gasteiger partial charge is 0.493 e. The van der Waals surface area contributed by atoms with Crippen LogP contribution in [-0.4, -0.2) is 19.5 Å². The second kappa shape index (κ2) is 9.38. The number of nitriles is 1. The van der Waals surface area contributed by atoms with E-state index in [0.717, 1.165) is 12.8 Å². The Morgan fingerprint density at radius 1 is 1.23 bits per heavy atom. The maximum Gasteiger partial charge on any atom is 0.206 e. The van der Waals surface area contributed by atoms with Crippen molar-refractivity contribution < 1.29 is 18.7 Å². The van der Waals surface area contributed by atoms with Crippen molar-refractivity contribution in [2.45, 2.75) is 19.8 Å². The number of unbranched alkanes of at least 4 members (excludes halogenated alkanes) is 1. The van der Waals surface area contributed by atoms with E-state index in [2.05, 4.69) is 6.92 Å². The molecule has 0 atom stereocenters. The van der Waals surface area contributed by atoms with Gasteiger partial charge in [0.1, 0.15) is 17.5 Å². The van der Waals surface area contributed by atoms with Gasteiger partial charge in [-0.05, 0) is 42.3 Å². The van der Waals surface area contributed by atoms with Crippen molar-refractivity contribution in [3.63, 3.8) is 0 Å². The Hall–Kier alpha value is -3.13. The molecule has 0 amide bonds. The number of ketones is 1. The highest BCUT2D eigenvalue weighted by atomic mass is 19.1. The van der Waals surface area contributed by atoms with E-state index in [9.17, 15) is 14.4 Å². The molecule has 0 aliphatic heterocycles. The third kappa shape index (κ3) is 4.70. The molecule has 0 aromatic heterocycles. The van der Waals surface area contributed by atoms with Gasteiger partial charge in [-0.15, -0.1) is 0 Å². The zero-order valence-electron chi connectivity index (χ0n) is 14.8. The van der Waals surface area contributed by atoms with E-state index in [4.69, 9.17) is 9.47 Å². The van der Waals surface area contributed by atoms with Crippen LogP contribution < -0.4 is 9.47 Å². The number of halogens is 1. The van der Waals surface area contributed by atoms with Gasteiger partial charge in [0, 0.05) is 0 Å². The summed E-state index contributed by atoms with van der Waals surface area (Å²) in [5.41, 5.74) is 0.312. The number of benzene rings is 2. The molecule has 0 heterocycles. The lowest BCUT2D eigenvalue weighted by Gasteiger charge is -2.11. The lowest BCUT2D eigenvalue weighted by Crippen LogP contribution is -2.04. The Labute approximate surface area is 152 Å². The van der Waals surface area contributed by atoms with Crippen molar-refractivity contribution in [2.24, 2.45) is 0 Å². The number of carbonyl (C=O) groups is 1. The number of hydrogen-bond acceptors (Lipinski definition) is 4. The first kappa shape index (κ1) is 19.2. The van der Waals surface area contributed by atoms with E-state index >= 15 is 0 Å². The number of methoxy groups -OCH3 is 1. The molecule has 134 valence electrons. The molecule has 26 heavy (non-hydrogen) atoms. The molecule has 5 heteroatoms. The molecule has 2 rings (SSSR count). The number of ether oxygens (including phenoxy) is 2. The molecule has 0 saturated carbocycles. The van der Waals surface area contributed by atoms with Crippen LogP contribution in [0.5, 0.6) is 11.5 Å². The standard InChI is InChI=1S/C21H20FNO3/c1-3-4-11-26-20-13-15(9-10-19(20)25-2)12-16(14-23)21(24)17-7-5-6-8-18(17)22/h5-10,12-13H,3-4,11H2,1-2H3/b16-12+. The summed E-state index contributed by atoms with van der Waals surface area (Å²) in [4.78, 5) is 12.4. The van der Waals surface area contributed by atoms with Crippen LogP contribution in [0, 0.1) is 17.1 Å². The summed E-state index contributed by atoms with van der Waals surface area (Å²) < 4.78 is 24.8. The minimum atomic E-state index is -0.658. The molecule has 0 spiro atoms. The fourth-order valence-corrected chi connectivity index (χ4v) is 2.33. The molecule has 0 fully saturated rings. The normalized spacial score (nSPS) is 10.9. The van der Waals surface area contributed by atoms with Gasteiger partial charge in [-0.3, -0.25) is 4.79 Å². The quantitative estimate of drug-likeness (QED) is 0.296. The zero-order chi connectivity index (χ0) is 18.9. The first-order valence-electron chi connectivity index (χ1n) is 8.32. The smallest absolute Gasteiger partial charge is 0.206 e. The van der Waals surface area contributed by atoms with Crippen LogP contribution >= 0.6 is 0 Å². The molecule has 2 aromatic rings. The Kier molecular flexibility index (Phi) is 6.92. The van der Waals surface area contributed by atoms with Crippen molar-refractivity contribution >= 4 is 11.9 Å². The Morgan fingerprint density at radius 2 is 2.00 bits per heavy atom. The molecule has 2 aromatic carbocycles. The van der Waals surface area contributed by atoms with Crippen LogP contribution in [0.3, 0.4) is 0 Å². The molecule has 0 N–H and O–H groups in total. The number of nitrogens with zero attached hydrogens (tertiary/aromatic N) is 1. The van der Waals surface area contributed by atoms with Gasteiger partial charge in [-0.1, -0.05) is 31.5 Å². The first-order valence-corrected chi connectivity index (χ1v) is 8.32. The Balaban J connectivity index is 2.33. The van der Waals surface area contributed by atoms with Gasteiger partial charge in [0.15, 0.2) is 11.5 Å². The van der Waals surface area contributed by atoms with Crippen molar-refractivity contribution in [1.82, 2.24) is 0 Å². The molecule has 0 saturated heterocycles. The highest BCUT2D eigenvalue weighted by Crippen LogP contribution is 2.29. The summed E-state index contributed by atoms with van der Waals surface area (Å²) in [6.45, 7) is 2.60. The molecule has 0 bridgehead atoms. The fourth-order valence-electron chi connectivity index (χ4n) is 2.33. The third-order valence-corrected chi connectivity index (χ3v) is 3.74. The van der Waals surface area contributed by atoms with Crippen LogP contribution in [0.4, 0.5) is 4.39 Å². The predicted molar refractivity (Wildman–Crippen MR) is 97.7 cm³/mol. The molecular weight excluding hydrogens is 333 g/mol. The van der Waals surface area contributed by atoms with E-state index in [1.54, 1.807) is 31.4 Å². The monoisotopic (exact) mass is 353 g/mol. The maximum absolute atomic E-state index is 13.8. The lowest BCUT2D eigenvalue weighted by atomic mass is 10.0. The first-order chi connectivity index (χ1) is 12.6. The van der Waals surface area contributed by atoms with Crippen LogP contribution in [0.1, 0.15) is 35.7 Å². The average Bonchev–Trinajstić information content (AvgIpc) is 2.66. The van der Waals surface area contributed by atoms with Crippen LogP contribution in [0.25, 0.3) is 6.08 Å². The van der Waals surface area contributed by atoms with Crippen molar-refractivity contribution in [3.05, 3.63) is 65.0 Å². The number of Topliss-reactive ketones (excluding diaryl/α,β-unsaturated/α-hetero) is 1. The maximum atomic E-state index is 13.8. The van der Waals surface area contributed by atoms with Gasteiger partial charge in [0.25, 0.3) is 0 Å². The highest BCUT2D eigenvalue weighted by Gasteiger charge is 2.16. The van der Waals surface area contributed by atoms with Gasteiger partial charge in [-0.25, -0.2) is 4.39 Å². The van der Waals surface area contributed by atoms with Gasteiger partial charge in [-0.2, -0.15) is 5.26 Å². The summed E-state index contributed by atoms with van der Waals surface area (Å²) >= 11 is 0. The van der Waals surface area contributed by atoms with E-state index in [-0.39, 0.29) is 11.1 Å². The summed E-state index contributed by atoms with van der Waals surface area (Å²) in [5.74, 6) is -0.214. The summed E-state index contributed by atoms with van der Waals surface area (Å²) in [6.07, 6.45) is 3.32. The predicted octanol–water partition coefficient (Wildman–Crippen LogP) is 4.80. The van der Waals surface area contributed by atoms with Gasteiger partial charge in [0.05, 0.1) is 19.3 Å². The SMILES string of the molecule is CCCCOc1cc(/C=C(\C#N)C(=O)c2ccccc2F)ccc1OC. The molecule has 0 radical (unpaired) electrons. The summed E-state index contributed by atoms with van der Waals surface area (Å²) in [5, 5.41) is 9.34. The molecule has 0 aliphatic carbocycles. The van der Waals surface area contributed by atoms with Crippen LogP contribution in [0.15, 0.2) is 48.0 Å². The lowest BCUT2D eigenvalue weighted by molar-refractivity contribution is 0.103. The summed E-state index contributed by atoms with van der Waals surface area (Å²) in [7, 11) is 1.54. The number of hydrogen-bond donors (Lipinski definition) is 0. The highest BCUT2D eigenvalue weighted by molar-refractivity contribution is 6.14. The molecule has 0 aliphatic rings. The number of carbonyl (C=O) groups excluding carboxylic acids is 1. The summed E-state index contributed by atoms with van der Waals surface area (Å²) in [6, 6.07) is 12.5. The van der Waals surface area contributed by atoms with Crippen LogP contribution in [-0.2, 0) is 0 Å². The topological polar surface area (TPSA) is 59.3 Å². The van der Waals surface area contributed by atoms with Gasteiger partial charge in [0.2, 0.25) is 5.78 Å². The van der Waals surface area contributed by atoms with E-state index in [0.29, 0.717) is 23.7 Å². The third-order valence-electron chi connectivity index (χ3n) is 3.74. The van der Waals surface area contributed by atoms with E-state index in [1.165, 1.54) is 24.3 Å². The van der Waals surface area contributed by atoms with Gasteiger partial charge >= 0.3 is 0 Å². The second-order valence-corrected chi connectivity index (χ2v) is 5.59. The van der Waals surface area contributed by atoms with Crippen molar-refractivity contribution in [3.8, 4) is 17.6 Å².